The topological polar surface area (TPSA) is 29.5 Å². The van der Waals surface area contributed by atoms with Crippen LogP contribution in [0.1, 0.15) is 22.1 Å². The Morgan fingerprint density at radius 2 is 2.00 bits per heavy atom. The molecule has 0 aromatic heterocycles. The Labute approximate surface area is 129 Å². The number of alkyl halides is 1. The van der Waals surface area contributed by atoms with E-state index in [1.165, 1.54) is 0 Å². The van der Waals surface area contributed by atoms with Gasteiger partial charge in [0.15, 0.2) is 0 Å². The van der Waals surface area contributed by atoms with Crippen LogP contribution in [0.2, 0.25) is 0 Å². The third-order valence-corrected chi connectivity index (χ3v) is 4.37. The van der Waals surface area contributed by atoms with Crippen molar-refractivity contribution in [3.05, 3.63) is 59.2 Å². The lowest BCUT2D eigenvalue weighted by Crippen LogP contribution is -2.20. The lowest BCUT2D eigenvalue weighted by molar-refractivity contribution is -0.117. The highest BCUT2D eigenvalue weighted by atomic mass is 35.5. The van der Waals surface area contributed by atoms with Gasteiger partial charge < -0.3 is 9.64 Å². The average molecular weight is 302 g/mol. The van der Waals surface area contributed by atoms with Gasteiger partial charge in [0.2, 0.25) is 5.91 Å². The summed E-state index contributed by atoms with van der Waals surface area (Å²) in [6.07, 6.45) is 0.440. The second-order valence-corrected chi connectivity index (χ2v) is 5.56. The zero-order valence-corrected chi connectivity index (χ0v) is 12.7. The normalized spacial score (nSPS) is 15.0. The van der Waals surface area contributed by atoms with Crippen molar-refractivity contribution >= 4 is 23.2 Å². The number of ether oxygens (including phenoxy) is 1. The summed E-state index contributed by atoms with van der Waals surface area (Å²) in [5.74, 6) is 0.886. The van der Waals surface area contributed by atoms with Crippen LogP contribution in [0.5, 0.6) is 5.75 Å². The van der Waals surface area contributed by atoms with E-state index in [4.69, 9.17) is 16.3 Å². The van der Waals surface area contributed by atoms with E-state index in [-0.39, 0.29) is 11.3 Å². The smallest absolute Gasteiger partial charge is 0.231 e. The summed E-state index contributed by atoms with van der Waals surface area (Å²) in [5, 5.41) is -0.299. The highest BCUT2D eigenvalue weighted by Crippen LogP contribution is 2.37. The van der Waals surface area contributed by atoms with E-state index in [2.05, 4.69) is 0 Å². The van der Waals surface area contributed by atoms with Gasteiger partial charge in [-0.3, -0.25) is 4.79 Å². The molecule has 0 radical (unpaired) electrons. The lowest BCUT2D eigenvalue weighted by atomic mass is 10.0. The summed E-state index contributed by atoms with van der Waals surface area (Å²) in [6, 6.07) is 13.7. The van der Waals surface area contributed by atoms with Crippen LogP contribution in [0.3, 0.4) is 0 Å². The number of hydrogen-bond donors (Lipinski definition) is 0. The number of amides is 1. The van der Waals surface area contributed by atoms with Gasteiger partial charge in [0.1, 0.15) is 5.75 Å². The minimum Gasteiger partial charge on any atom is -0.496 e. The van der Waals surface area contributed by atoms with E-state index in [9.17, 15) is 4.79 Å². The maximum Gasteiger partial charge on any atom is 0.231 e. The molecule has 1 amide bonds. The summed E-state index contributed by atoms with van der Waals surface area (Å²) >= 11 is 6.61. The second kappa shape index (κ2) is 5.41. The first kappa shape index (κ1) is 14.0. The summed E-state index contributed by atoms with van der Waals surface area (Å²) < 4.78 is 5.37. The molecule has 3 nitrogen and oxygen atoms in total. The molecule has 4 heteroatoms. The molecule has 0 saturated heterocycles. The molecule has 2 aromatic rings. The largest absolute Gasteiger partial charge is 0.496 e. The van der Waals surface area contributed by atoms with Crippen LogP contribution in [-0.4, -0.2) is 20.1 Å². The summed E-state index contributed by atoms with van der Waals surface area (Å²) in [6.45, 7) is 0. The number of benzene rings is 2. The number of hydrogen-bond acceptors (Lipinski definition) is 2. The predicted octanol–water partition coefficient (Wildman–Crippen LogP) is 3.54. The minimum atomic E-state index is -0.299. The third-order valence-electron chi connectivity index (χ3n) is 3.89. The molecule has 0 aliphatic carbocycles. The Morgan fingerprint density at radius 3 is 2.76 bits per heavy atom. The van der Waals surface area contributed by atoms with Gasteiger partial charge in [0.05, 0.1) is 18.9 Å². The first-order chi connectivity index (χ1) is 10.1. The molecule has 1 unspecified atom stereocenters. The monoisotopic (exact) mass is 301 g/mol. The Hall–Kier alpha value is -2.00. The number of halogens is 1. The van der Waals surface area contributed by atoms with Gasteiger partial charge in [-0.25, -0.2) is 0 Å². The fourth-order valence-corrected chi connectivity index (χ4v) is 3.02. The fraction of sp³-hybridized carbons (Fsp3) is 0.235. The van der Waals surface area contributed by atoms with Gasteiger partial charge in [0, 0.05) is 18.3 Å². The number of rotatable bonds is 3. The highest BCUT2D eigenvalue weighted by Gasteiger charge is 2.25. The molecule has 1 atom stereocenters. The molecule has 0 fully saturated rings. The maximum atomic E-state index is 11.8. The predicted molar refractivity (Wildman–Crippen MR) is 84.2 cm³/mol. The van der Waals surface area contributed by atoms with E-state index in [0.29, 0.717) is 6.42 Å². The molecule has 21 heavy (non-hydrogen) atoms. The Morgan fingerprint density at radius 1 is 1.24 bits per heavy atom. The van der Waals surface area contributed by atoms with Crippen LogP contribution in [0.25, 0.3) is 0 Å². The molecular formula is C17H16ClNO2. The number of carbonyl (C=O) groups excluding carboxylic acids is 1. The number of methoxy groups -OCH3 is 1. The number of fused-ring (bicyclic) bond motifs is 1. The summed E-state index contributed by atoms with van der Waals surface area (Å²) in [4.78, 5) is 13.4. The van der Waals surface area contributed by atoms with Crippen molar-refractivity contribution in [3.8, 4) is 5.75 Å². The van der Waals surface area contributed by atoms with Crippen molar-refractivity contribution in [3.63, 3.8) is 0 Å². The Balaban J connectivity index is 1.98. The molecule has 108 valence electrons. The van der Waals surface area contributed by atoms with Crippen LogP contribution in [0.15, 0.2) is 42.5 Å². The molecule has 0 saturated carbocycles. The molecule has 1 aliphatic rings. The number of nitrogens with zero attached hydrogens (tertiary/aromatic N) is 1. The number of para-hydroxylation sites is 1. The standard InChI is InChI=1S/C17H16ClNO2/c1-19-14-8-7-11(9-12(14)10-16(19)20)17(18)13-5-3-4-6-15(13)21-2/h3-9,17H,10H2,1-2H3. The number of likely N-dealkylation sites (N-methyl/N-ethyl adjacent to an activating group) is 1. The first-order valence-electron chi connectivity index (χ1n) is 6.78. The molecule has 3 rings (SSSR count). The second-order valence-electron chi connectivity index (χ2n) is 5.12. The van der Waals surface area contributed by atoms with Crippen molar-refractivity contribution in [2.45, 2.75) is 11.8 Å². The van der Waals surface area contributed by atoms with Gasteiger partial charge in [-0.15, -0.1) is 11.6 Å². The van der Waals surface area contributed by atoms with Crippen molar-refractivity contribution in [2.75, 3.05) is 19.1 Å². The van der Waals surface area contributed by atoms with Crippen LogP contribution in [-0.2, 0) is 11.2 Å². The molecule has 2 aromatic carbocycles. The summed E-state index contributed by atoms with van der Waals surface area (Å²) in [5.41, 5.74) is 3.90. The Bertz CT molecular complexity index is 699. The molecule has 0 spiro atoms. The van der Waals surface area contributed by atoms with Crippen LogP contribution < -0.4 is 9.64 Å². The highest BCUT2D eigenvalue weighted by molar-refractivity contribution is 6.23. The fourth-order valence-electron chi connectivity index (χ4n) is 2.70. The van der Waals surface area contributed by atoms with Gasteiger partial charge in [0.25, 0.3) is 0 Å². The van der Waals surface area contributed by atoms with Crippen molar-refractivity contribution in [1.29, 1.82) is 0 Å². The van der Waals surface area contributed by atoms with Gasteiger partial charge in [-0.1, -0.05) is 30.3 Å². The molecule has 1 heterocycles. The lowest BCUT2D eigenvalue weighted by Gasteiger charge is -2.16. The number of carbonyl (C=O) groups is 1. The maximum absolute atomic E-state index is 11.8. The SMILES string of the molecule is COc1ccccc1C(Cl)c1ccc2c(c1)CC(=O)N2C. The first-order valence-corrected chi connectivity index (χ1v) is 7.22. The van der Waals surface area contributed by atoms with Crippen molar-refractivity contribution < 1.29 is 9.53 Å². The van der Waals surface area contributed by atoms with E-state index >= 15 is 0 Å². The van der Waals surface area contributed by atoms with E-state index in [0.717, 1.165) is 28.1 Å². The van der Waals surface area contributed by atoms with Crippen LogP contribution in [0, 0.1) is 0 Å². The van der Waals surface area contributed by atoms with Gasteiger partial charge in [-0.05, 0) is 23.3 Å². The molecule has 0 bridgehead atoms. The zero-order chi connectivity index (χ0) is 15.0. The van der Waals surface area contributed by atoms with Crippen LogP contribution >= 0.6 is 11.6 Å². The van der Waals surface area contributed by atoms with Crippen molar-refractivity contribution in [2.24, 2.45) is 0 Å². The third kappa shape index (κ3) is 2.38. The quantitative estimate of drug-likeness (QED) is 0.812. The van der Waals surface area contributed by atoms with E-state index in [1.54, 1.807) is 19.1 Å². The molecule has 0 N–H and O–H groups in total. The van der Waals surface area contributed by atoms with Gasteiger partial charge >= 0.3 is 0 Å². The minimum absolute atomic E-state index is 0.116. The molecule has 1 aliphatic heterocycles. The molecular weight excluding hydrogens is 286 g/mol. The average Bonchev–Trinajstić information content (AvgIpc) is 2.80. The van der Waals surface area contributed by atoms with E-state index in [1.807, 2.05) is 42.5 Å². The van der Waals surface area contributed by atoms with Crippen LogP contribution in [0.4, 0.5) is 5.69 Å². The van der Waals surface area contributed by atoms with Crippen molar-refractivity contribution in [1.82, 2.24) is 0 Å². The Kier molecular flexibility index (Phi) is 3.60. The zero-order valence-electron chi connectivity index (χ0n) is 12.0. The summed E-state index contributed by atoms with van der Waals surface area (Å²) in [7, 11) is 3.44. The number of anilines is 1. The van der Waals surface area contributed by atoms with Gasteiger partial charge in [-0.2, -0.15) is 0 Å². The van der Waals surface area contributed by atoms with E-state index < -0.39 is 0 Å².